The van der Waals surface area contributed by atoms with Gasteiger partial charge in [0.1, 0.15) is 16.9 Å². The van der Waals surface area contributed by atoms with E-state index in [4.69, 9.17) is 29.6 Å². The van der Waals surface area contributed by atoms with Gasteiger partial charge in [0.25, 0.3) is 33.1 Å². The van der Waals surface area contributed by atoms with Gasteiger partial charge in [-0.25, -0.2) is 17.9 Å². The Labute approximate surface area is 385 Å². The molecule has 2 unspecified atom stereocenters. The zero-order valence-electron chi connectivity index (χ0n) is 35.6. The Hall–Kier alpha value is -6.00. The summed E-state index contributed by atoms with van der Waals surface area (Å²) in [6.07, 6.45) is 0. The van der Waals surface area contributed by atoms with Crippen molar-refractivity contribution in [2.45, 2.75) is 50.6 Å². The van der Waals surface area contributed by atoms with E-state index >= 15 is 0 Å². The van der Waals surface area contributed by atoms with Gasteiger partial charge in [-0.3, -0.25) is 41.2 Å². The zero-order valence-corrected chi connectivity index (χ0v) is 38.9. The van der Waals surface area contributed by atoms with Crippen molar-refractivity contribution in [2.75, 3.05) is 38.7 Å². The van der Waals surface area contributed by atoms with E-state index in [0.717, 1.165) is 9.13 Å². The van der Waals surface area contributed by atoms with Gasteiger partial charge in [0.2, 0.25) is 11.8 Å². The number of azo groups is 2. The van der Waals surface area contributed by atoms with E-state index in [1.54, 1.807) is 13.8 Å². The van der Waals surface area contributed by atoms with E-state index in [-0.39, 0.29) is 69.8 Å². The Morgan fingerprint density at radius 2 is 1.12 bits per heavy atom. The highest BCUT2D eigenvalue weighted by atomic mass is 32.3. The van der Waals surface area contributed by atoms with Crippen LogP contribution in [0.5, 0.6) is 11.8 Å². The Morgan fingerprint density at radius 1 is 0.701 bits per heavy atom. The summed E-state index contributed by atoms with van der Waals surface area (Å²) in [5, 5.41) is 49.4. The largest absolute Gasteiger partial charge is 0.494 e. The van der Waals surface area contributed by atoms with Gasteiger partial charge in [-0.05, 0) is 75.2 Å². The summed E-state index contributed by atoms with van der Waals surface area (Å²) in [6.45, 7) is 3.31. The summed E-state index contributed by atoms with van der Waals surface area (Å²) in [5.74, 6) is -4.52. The number of amides is 2. The molecule has 2 aromatic heterocycles. The minimum atomic E-state index is -4.71. The first kappa shape index (κ1) is 53.6. The predicted octanol–water partition coefficient (Wildman–Crippen LogP) is 1.69. The van der Waals surface area contributed by atoms with Crippen LogP contribution in [0.15, 0.2) is 76.2 Å². The van der Waals surface area contributed by atoms with Crippen molar-refractivity contribution in [3.63, 3.8) is 0 Å². The van der Waals surface area contributed by atoms with Crippen LogP contribution in [-0.4, -0.2) is 105 Å². The fourth-order valence-corrected chi connectivity index (χ4v) is 8.26. The normalized spacial score (nSPS) is 13.1. The molecule has 0 fully saturated rings. The minimum absolute atomic E-state index is 0.0943. The number of aryl methyl sites for hydroxylation is 2. The summed E-state index contributed by atoms with van der Waals surface area (Å²) in [4.78, 5) is 52.4. The molecule has 0 saturated carbocycles. The van der Waals surface area contributed by atoms with E-state index in [9.17, 15) is 54.6 Å². The van der Waals surface area contributed by atoms with Crippen molar-refractivity contribution in [1.82, 2.24) is 14.5 Å². The standard InChI is InChI=1S/C36H43N9O18S4/c1-19-17-23(64(53)60-13-14-62-67(57,58)59)5-7-25(19)40-42-29-21(3)27(31(37)46)33(48)44(35(29)50)11-9-39-10-12-45-34(49)28(32(38)47)22(4)30(36(45)51)43-41-26-8-6-24(18-20(26)2)65(54)61-15-16-66(55,56)63-52/h5-8,17-18,39,48-49,52H,9-16H2,1-4H3,(H2,37,46)(H2,38,47)(H,57,58,59). The van der Waals surface area contributed by atoms with E-state index in [2.05, 4.69) is 34.3 Å². The SMILES string of the molecule is Cc1cc(S(=O)OCCOS(=O)(=O)O)ccc1N=Nc1c(C)c(C(N)=O)c(O)n(CCNCCn2c(O)c(C(N)=O)c(C)c(N=Nc3ccc(S(=O)OCCS(=O)(=O)OO)cc3C)c2=O)c1=O. The number of benzene rings is 2. The molecule has 0 bridgehead atoms. The highest BCUT2D eigenvalue weighted by Crippen LogP contribution is 2.31. The van der Waals surface area contributed by atoms with Crippen LogP contribution >= 0.6 is 0 Å². The maximum absolute atomic E-state index is 13.6. The van der Waals surface area contributed by atoms with Crippen LogP contribution in [0, 0.1) is 27.7 Å². The van der Waals surface area contributed by atoms with Gasteiger partial charge in [-0.1, -0.05) is 0 Å². The van der Waals surface area contributed by atoms with Crippen molar-refractivity contribution in [3.8, 4) is 11.8 Å². The summed E-state index contributed by atoms with van der Waals surface area (Å²) in [5.41, 5.74) is 8.65. The molecule has 67 heavy (non-hydrogen) atoms. The lowest BCUT2D eigenvalue weighted by molar-refractivity contribution is -0.130. The number of nitrogens with zero attached hydrogens (tertiary/aromatic N) is 6. The molecule has 0 aliphatic heterocycles. The van der Waals surface area contributed by atoms with Crippen LogP contribution in [0.25, 0.3) is 0 Å². The number of aromatic hydroxyl groups is 2. The highest BCUT2D eigenvalue weighted by molar-refractivity contribution is 7.86. The van der Waals surface area contributed by atoms with Crippen molar-refractivity contribution in [1.29, 1.82) is 0 Å². The number of hydrogen-bond acceptors (Lipinski definition) is 22. The molecule has 4 rings (SSSR count). The second-order valence-electron chi connectivity index (χ2n) is 13.7. The molecule has 0 aliphatic carbocycles. The topological polar surface area (TPSA) is 412 Å². The van der Waals surface area contributed by atoms with E-state index in [0.29, 0.717) is 11.1 Å². The highest BCUT2D eigenvalue weighted by Gasteiger charge is 2.25. The lowest BCUT2D eigenvalue weighted by Crippen LogP contribution is -2.33. The van der Waals surface area contributed by atoms with Gasteiger partial charge in [-0.2, -0.15) is 27.1 Å². The summed E-state index contributed by atoms with van der Waals surface area (Å²) in [6, 6.07) is 8.24. The molecular weight excluding hydrogens is 975 g/mol. The average Bonchev–Trinajstić information content (AvgIpc) is 3.24. The van der Waals surface area contributed by atoms with Crippen molar-refractivity contribution < 1.29 is 71.7 Å². The first-order chi connectivity index (χ1) is 31.4. The van der Waals surface area contributed by atoms with Gasteiger partial charge >= 0.3 is 10.4 Å². The number of nitrogens with one attached hydrogen (secondary N) is 1. The van der Waals surface area contributed by atoms with Crippen molar-refractivity contribution in [2.24, 2.45) is 31.9 Å². The number of carbonyl (C=O) groups is 2. The van der Waals surface area contributed by atoms with Gasteiger partial charge in [0.05, 0.1) is 41.0 Å². The summed E-state index contributed by atoms with van der Waals surface area (Å²) < 4.78 is 96.5. The molecule has 2 heterocycles. The van der Waals surface area contributed by atoms with Crippen LogP contribution < -0.4 is 27.9 Å². The molecule has 2 atom stereocenters. The quantitative estimate of drug-likeness (QED) is 0.0173. The van der Waals surface area contributed by atoms with Gasteiger partial charge in [0.15, 0.2) is 33.5 Å². The Bertz CT molecular complexity index is 3030. The lowest BCUT2D eigenvalue weighted by atomic mass is 10.1. The Kier molecular flexibility index (Phi) is 18.5. The molecule has 2 aromatic carbocycles. The molecule has 0 spiro atoms. The van der Waals surface area contributed by atoms with Crippen LogP contribution in [0.4, 0.5) is 22.7 Å². The molecule has 364 valence electrons. The molecule has 31 heteroatoms. The number of pyridine rings is 2. The molecule has 27 nitrogen and oxygen atoms in total. The predicted molar refractivity (Wildman–Crippen MR) is 235 cm³/mol. The second kappa shape index (κ2) is 23.1. The first-order valence-electron chi connectivity index (χ1n) is 18.9. The average molecular weight is 1020 g/mol. The van der Waals surface area contributed by atoms with Crippen molar-refractivity contribution >= 4 is 77.2 Å². The molecule has 4 aromatic rings. The molecule has 0 saturated heterocycles. The molecule has 0 aliphatic rings. The van der Waals surface area contributed by atoms with Gasteiger partial charge in [-0.15, -0.1) is 14.6 Å². The summed E-state index contributed by atoms with van der Waals surface area (Å²) in [7, 11) is -8.99. The number of nitrogens with two attached hydrogens (primary N) is 2. The first-order valence-corrected chi connectivity index (χ1v) is 24.0. The molecular formula is C36H43N9O18S4. The minimum Gasteiger partial charge on any atom is -0.494 e. The van der Waals surface area contributed by atoms with Crippen molar-refractivity contribution in [3.05, 3.63) is 90.5 Å². The number of aromatic nitrogens is 2. The van der Waals surface area contributed by atoms with Gasteiger partial charge in [0, 0.05) is 37.3 Å². The van der Waals surface area contributed by atoms with E-state index in [1.807, 2.05) is 0 Å². The molecule has 0 radical (unpaired) electrons. The monoisotopic (exact) mass is 1020 g/mol. The van der Waals surface area contributed by atoms with E-state index in [1.165, 1.54) is 50.2 Å². The zero-order chi connectivity index (χ0) is 50.0. The second-order valence-corrected chi connectivity index (χ2v) is 18.8. The lowest BCUT2D eigenvalue weighted by Gasteiger charge is -2.16. The third-order valence-corrected chi connectivity index (χ3v) is 12.6. The maximum Gasteiger partial charge on any atom is 0.397 e. The van der Waals surface area contributed by atoms with Crippen LogP contribution in [0.1, 0.15) is 43.0 Å². The third kappa shape index (κ3) is 14.0. The van der Waals surface area contributed by atoms with Gasteiger partial charge < -0.3 is 27.0 Å². The Morgan fingerprint density at radius 3 is 1.49 bits per heavy atom. The number of primary amides is 2. The number of rotatable bonds is 24. The third-order valence-electron chi connectivity index (χ3n) is 9.21. The number of hydrogen-bond donors (Lipinski definition) is 7. The Balaban J connectivity index is 1.51. The van der Waals surface area contributed by atoms with E-state index < -0.39 is 114 Å². The number of carbonyl (C=O) groups excluding carboxylic acids is 2. The molecule has 2 amide bonds. The summed E-state index contributed by atoms with van der Waals surface area (Å²) >= 11 is -4.21. The maximum atomic E-state index is 13.6. The van der Waals surface area contributed by atoms with Crippen LogP contribution in [-0.2, 0) is 72.7 Å². The van der Waals surface area contributed by atoms with Crippen LogP contribution in [0.2, 0.25) is 0 Å². The fraction of sp³-hybridized carbons (Fsp3) is 0.333. The fourth-order valence-electron chi connectivity index (χ4n) is 5.89. The smallest absolute Gasteiger partial charge is 0.397 e. The molecule has 9 N–H and O–H groups in total. The van der Waals surface area contributed by atoms with Crippen LogP contribution in [0.3, 0.4) is 0 Å².